The first-order valence-electron chi connectivity index (χ1n) is 8.02. The molecular weight excluding hydrogens is 384 g/mol. The summed E-state index contributed by atoms with van der Waals surface area (Å²) in [6, 6.07) is 14.7. The van der Waals surface area contributed by atoms with Crippen LogP contribution in [0.15, 0.2) is 61.1 Å². The van der Waals surface area contributed by atoms with Crippen molar-refractivity contribution in [2.45, 2.75) is 6.42 Å². The van der Waals surface area contributed by atoms with Crippen molar-refractivity contribution in [2.24, 2.45) is 0 Å². The van der Waals surface area contributed by atoms with Crippen molar-refractivity contribution in [1.29, 1.82) is 0 Å². The molecule has 0 saturated carbocycles. The normalized spacial score (nSPS) is 10.7. The van der Waals surface area contributed by atoms with Gasteiger partial charge in [0.05, 0.1) is 5.69 Å². The molecule has 0 aliphatic heterocycles. The standard InChI is InChI=1S/C18H13ClN6OS/c19-16-4-2-1-3-13(16)9-15-10-20-18(27-15)22-17(26)12-5-7-14(8-6-12)25-11-21-23-24-25/h1-8,10-11H,9H2,(H,20,22,26). The number of nitrogens with one attached hydrogen (secondary N) is 1. The second kappa shape index (κ2) is 7.65. The van der Waals surface area contributed by atoms with Gasteiger partial charge in [-0.1, -0.05) is 29.8 Å². The first-order valence-corrected chi connectivity index (χ1v) is 9.21. The molecule has 7 nitrogen and oxygen atoms in total. The molecule has 0 radical (unpaired) electrons. The van der Waals surface area contributed by atoms with Gasteiger partial charge in [0.25, 0.3) is 5.91 Å². The summed E-state index contributed by atoms with van der Waals surface area (Å²) in [5.41, 5.74) is 2.32. The van der Waals surface area contributed by atoms with E-state index in [4.69, 9.17) is 11.6 Å². The van der Waals surface area contributed by atoms with Gasteiger partial charge in [-0.25, -0.2) is 9.67 Å². The predicted molar refractivity (Wildman–Crippen MR) is 103 cm³/mol. The molecule has 27 heavy (non-hydrogen) atoms. The summed E-state index contributed by atoms with van der Waals surface area (Å²) in [4.78, 5) is 17.7. The summed E-state index contributed by atoms with van der Waals surface area (Å²) in [5, 5.41) is 15.1. The fourth-order valence-corrected chi connectivity index (χ4v) is 3.52. The van der Waals surface area contributed by atoms with E-state index in [-0.39, 0.29) is 5.91 Å². The number of thiazole rings is 1. The Labute approximate surface area is 163 Å². The highest BCUT2D eigenvalue weighted by molar-refractivity contribution is 7.15. The number of rotatable bonds is 5. The van der Waals surface area contributed by atoms with E-state index in [9.17, 15) is 4.79 Å². The van der Waals surface area contributed by atoms with Crippen LogP contribution >= 0.6 is 22.9 Å². The van der Waals surface area contributed by atoms with Crippen molar-refractivity contribution in [3.63, 3.8) is 0 Å². The third-order valence-corrected chi connectivity index (χ3v) is 5.12. The molecule has 1 amide bonds. The lowest BCUT2D eigenvalue weighted by Crippen LogP contribution is -2.11. The van der Waals surface area contributed by atoms with Gasteiger partial charge in [0.2, 0.25) is 0 Å². The van der Waals surface area contributed by atoms with Crippen LogP contribution in [0.4, 0.5) is 5.13 Å². The maximum absolute atomic E-state index is 12.4. The molecule has 134 valence electrons. The lowest BCUT2D eigenvalue weighted by Gasteiger charge is -2.03. The Morgan fingerprint density at radius 2 is 1.96 bits per heavy atom. The van der Waals surface area contributed by atoms with Crippen LogP contribution < -0.4 is 5.32 Å². The number of benzene rings is 2. The van der Waals surface area contributed by atoms with Crippen LogP contribution in [0.2, 0.25) is 5.02 Å². The number of aromatic nitrogens is 5. The van der Waals surface area contributed by atoms with Gasteiger partial charge < -0.3 is 0 Å². The third-order valence-electron chi connectivity index (χ3n) is 3.84. The van der Waals surface area contributed by atoms with Crippen molar-refractivity contribution >= 4 is 34.0 Å². The van der Waals surface area contributed by atoms with Crippen LogP contribution in [0.25, 0.3) is 5.69 Å². The van der Waals surface area contributed by atoms with E-state index in [2.05, 4.69) is 25.8 Å². The Balaban J connectivity index is 1.43. The average Bonchev–Trinajstić information content (AvgIpc) is 3.36. The summed E-state index contributed by atoms with van der Waals surface area (Å²) >= 11 is 7.62. The molecule has 0 atom stereocenters. The second-order valence-electron chi connectivity index (χ2n) is 5.66. The van der Waals surface area contributed by atoms with Crippen molar-refractivity contribution in [1.82, 2.24) is 25.2 Å². The SMILES string of the molecule is O=C(Nc1ncc(Cc2ccccc2Cl)s1)c1ccc(-n2cnnn2)cc1. The molecule has 2 aromatic heterocycles. The fraction of sp³-hybridized carbons (Fsp3) is 0.0556. The minimum absolute atomic E-state index is 0.225. The van der Waals surface area contributed by atoms with Crippen LogP contribution in [0.1, 0.15) is 20.8 Å². The largest absolute Gasteiger partial charge is 0.298 e. The molecule has 4 rings (SSSR count). The van der Waals surface area contributed by atoms with Crippen molar-refractivity contribution in [2.75, 3.05) is 5.32 Å². The molecule has 1 N–H and O–H groups in total. The number of hydrogen-bond acceptors (Lipinski definition) is 6. The minimum Gasteiger partial charge on any atom is -0.298 e. The van der Waals surface area contributed by atoms with E-state index in [1.54, 1.807) is 30.5 Å². The highest BCUT2D eigenvalue weighted by Gasteiger charge is 2.11. The number of nitrogens with zero attached hydrogens (tertiary/aromatic N) is 5. The van der Waals surface area contributed by atoms with Crippen molar-refractivity contribution in [3.8, 4) is 5.69 Å². The van der Waals surface area contributed by atoms with Gasteiger partial charge >= 0.3 is 0 Å². The number of carbonyl (C=O) groups is 1. The van der Waals surface area contributed by atoms with E-state index < -0.39 is 0 Å². The molecule has 0 unspecified atom stereocenters. The summed E-state index contributed by atoms with van der Waals surface area (Å²) in [6.45, 7) is 0. The highest BCUT2D eigenvalue weighted by atomic mass is 35.5. The Morgan fingerprint density at radius 3 is 2.70 bits per heavy atom. The van der Waals surface area contributed by atoms with E-state index in [1.807, 2.05) is 24.3 Å². The monoisotopic (exact) mass is 396 g/mol. The number of carbonyl (C=O) groups excluding carboxylic acids is 1. The summed E-state index contributed by atoms with van der Waals surface area (Å²) in [5.74, 6) is -0.225. The quantitative estimate of drug-likeness (QED) is 0.557. The number of anilines is 1. The molecule has 2 heterocycles. The Hall–Kier alpha value is -3.10. The van der Waals surface area contributed by atoms with Crippen molar-refractivity contribution in [3.05, 3.63) is 82.1 Å². The summed E-state index contributed by atoms with van der Waals surface area (Å²) < 4.78 is 1.52. The lowest BCUT2D eigenvalue weighted by molar-refractivity contribution is 0.102. The van der Waals surface area contributed by atoms with Crippen LogP contribution in [0.3, 0.4) is 0 Å². The van der Waals surface area contributed by atoms with E-state index in [0.717, 1.165) is 21.2 Å². The zero-order valence-corrected chi connectivity index (χ0v) is 15.5. The lowest BCUT2D eigenvalue weighted by atomic mass is 10.1. The minimum atomic E-state index is -0.225. The van der Waals surface area contributed by atoms with Crippen LogP contribution in [0.5, 0.6) is 0 Å². The highest BCUT2D eigenvalue weighted by Crippen LogP contribution is 2.25. The van der Waals surface area contributed by atoms with Gasteiger partial charge in [-0.3, -0.25) is 10.1 Å². The zero-order valence-electron chi connectivity index (χ0n) is 13.9. The number of tetrazole rings is 1. The predicted octanol–water partition coefficient (Wildman–Crippen LogP) is 3.62. The summed E-state index contributed by atoms with van der Waals surface area (Å²) in [7, 11) is 0. The first kappa shape index (κ1) is 17.3. The van der Waals surface area contributed by atoms with Gasteiger partial charge in [0.15, 0.2) is 5.13 Å². The van der Waals surface area contributed by atoms with E-state index in [0.29, 0.717) is 17.1 Å². The Bertz CT molecular complexity index is 1060. The van der Waals surface area contributed by atoms with Gasteiger partial charge in [-0.15, -0.1) is 16.4 Å². The molecule has 4 aromatic rings. The molecule has 0 aliphatic rings. The second-order valence-corrected chi connectivity index (χ2v) is 7.18. The van der Waals surface area contributed by atoms with Gasteiger partial charge in [-0.2, -0.15) is 0 Å². The number of hydrogen-bond donors (Lipinski definition) is 1. The van der Waals surface area contributed by atoms with Crippen molar-refractivity contribution < 1.29 is 4.79 Å². The van der Waals surface area contributed by atoms with Gasteiger partial charge in [0, 0.05) is 28.1 Å². The van der Waals surface area contributed by atoms with Crippen LogP contribution in [0, 0.1) is 0 Å². The van der Waals surface area contributed by atoms with E-state index in [1.165, 1.54) is 22.3 Å². The number of amides is 1. The average molecular weight is 397 g/mol. The molecule has 0 fully saturated rings. The molecule has 2 aromatic carbocycles. The Kier molecular flexibility index (Phi) is 4.91. The third kappa shape index (κ3) is 4.02. The smallest absolute Gasteiger partial charge is 0.257 e. The van der Waals surface area contributed by atoms with Gasteiger partial charge in [-0.05, 0) is 46.3 Å². The summed E-state index contributed by atoms with van der Waals surface area (Å²) in [6.07, 6.45) is 3.92. The molecule has 9 heteroatoms. The topological polar surface area (TPSA) is 85.6 Å². The maximum Gasteiger partial charge on any atom is 0.257 e. The van der Waals surface area contributed by atoms with Crippen LogP contribution in [-0.2, 0) is 6.42 Å². The van der Waals surface area contributed by atoms with E-state index >= 15 is 0 Å². The molecule has 0 saturated heterocycles. The maximum atomic E-state index is 12.4. The fourth-order valence-electron chi connectivity index (χ4n) is 2.49. The molecule has 0 aliphatic carbocycles. The molecular formula is C18H13ClN6OS. The molecule has 0 spiro atoms. The first-order chi connectivity index (χ1) is 13.2. The number of halogens is 1. The van der Waals surface area contributed by atoms with Gasteiger partial charge in [0.1, 0.15) is 6.33 Å². The molecule has 0 bridgehead atoms. The Morgan fingerprint density at radius 1 is 1.15 bits per heavy atom. The zero-order chi connectivity index (χ0) is 18.6. The van der Waals surface area contributed by atoms with Crippen LogP contribution in [-0.4, -0.2) is 31.1 Å².